The molecule has 2 rings (SSSR count). The molecule has 10 heteroatoms. The second kappa shape index (κ2) is 13.2. The number of carbonyl (C=O) groups excluding carboxylic acids is 1. The van der Waals surface area contributed by atoms with Gasteiger partial charge in [0, 0.05) is 19.6 Å². The monoisotopic (exact) mass is 438 g/mol. The molecule has 0 fully saturated rings. The van der Waals surface area contributed by atoms with Crippen LogP contribution in [0.25, 0.3) is 0 Å². The van der Waals surface area contributed by atoms with Gasteiger partial charge in [-0.3, -0.25) is 5.32 Å². The highest BCUT2D eigenvalue weighted by atomic mass is 16.6. The Hall–Kier alpha value is -3.13. The number of fused-ring (bicyclic) bond motifs is 1. The molecule has 3 atom stereocenters. The summed E-state index contributed by atoms with van der Waals surface area (Å²) in [6.45, 7) is 3.08. The first kappa shape index (κ1) is 27.9. The van der Waals surface area contributed by atoms with Gasteiger partial charge in [-0.2, -0.15) is 0 Å². The Morgan fingerprint density at radius 1 is 1.26 bits per heavy atom. The molecule has 0 saturated heterocycles. The number of aliphatic hydroxyl groups excluding tert-OH is 2. The van der Waals surface area contributed by atoms with Crippen molar-refractivity contribution >= 4 is 18.0 Å². The summed E-state index contributed by atoms with van der Waals surface area (Å²) in [6.07, 6.45) is 2.48. The van der Waals surface area contributed by atoms with Gasteiger partial charge in [-0.05, 0) is 43.0 Å². The van der Waals surface area contributed by atoms with Crippen LogP contribution >= 0.6 is 0 Å². The van der Waals surface area contributed by atoms with Crippen LogP contribution in [0.3, 0.4) is 0 Å². The van der Waals surface area contributed by atoms with Crippen LogP contribution in [0.2, 0.25) is 0 Å². The minimum Gasteiger partial charge on any atom is -0.479 e. The zero-order valence-corrected chi connectivity index (χ0v) is 16.7. The van der Waals surface area contributed by atoms with Crippen LogP contribution in [-0.2, 0) is 16.0 Å². The Bertz CT molecular complexity index is 787. The number of carboxylic acid groups (broad SMARTS) is 2. The molecule has 1 aromatic carbocycles. The summed E-state index contributed by atoms with van der Waals surface area (Å²) in [4.78, 5) is 32.8. The summed E-state index contributed by atoms with van der Waals surface area (Å²) in [6, 6.07) is 6.08. The first-order chi connectivity index (χ1) is 14.1. The third-order valence-corrected chi connectivity index (χ3v) is 4.44. The highest BCUT2D eigenvalue weighted by Gasteiger charge is 2.29. The minimum atomic E-state index is -2.27. The predicted molar refractivity (Wildman–Crippen MR) is 113 cm³/mol. The molecule has 1 amide bonds. The highest BCUT2D eigenvalue weighted by molar-refractivity contribution is 5.83. The molecule has 0 spiro atoms. The number of carbonyl (C=O) groups is 3. The molecule has 10 nitrogen and oxygen atoms in total. The number of aliphatic hydroxyl groups is 2. The Morgan fingerprint density at radius 2 is 1.84 bits per heavy atom. The van der Waals surface area contributed by atoms with E-state index in [0.717, 1.165) is 12.8 Å². The van der Waals surface area contributed by atoms with Gasteiger partial charge >= 0.3 is 18.0 Å². The summed E-state index contributed by atoms with van der Waals surface area (Å²) in [5.41, 5.74) is 2.48. The number of ether oxygens (including phenoxy) is 1. The number of aliphatic carboxylic acids is 2. The van der Waals surface area contributed by atoms with E-state index in [9.17, 15) is 14.4 Å². The third-order valence-electron chi connectivity index (χ3n) is 4.44. The van der Waals surface area contributed by atoms with Crippen molar-refractivity contribution in [2.45, 2.75) is 45.4 Å². The molecule has 5 N–H and O–H groups in total. The van der Waals surface area contributed by atoms with Crippen LogP contribution in [0, 0.1) is 12.3 Å². The van der Waals surface area contributed by atoms with E-state index in [4.69, 9.17) is 31.6 Å². The number of aryl methyl sites for hydroxylation is 1. The quantitative estimate of drug-likeness (QED) is 0.390. The van der Waals surface area contributed by atoms with Crippen molar-refractivity contribution < 1.29 is 39.5 Å². The first-order valence-corrected chi connectivity index (χ1v) is 9.16. The highest BCUT2D eigenvalue weighted by Crippen LogP contribution is 2.33. The molecular formula is C21H30N2O8. The van der Waals surface area contributed by atoms with Gasteiger partial charge in [-0.15, -0.1) is 6.42 Å². The van der Waals surface area contributed by atoms with Gasteiger partial charge in [0.15, 0.2) is 12.2 Å². The maximum atomic E-state index is 11.8. The molecule has 0 radical (unpaired) electrons. The van der Waals surface area contributed by atoms with Gasteiger partial charge < -0.3 is 30.1 Å². The van der Waals surface area contributed by atoms with Crippen LogP contribution in [0.5, 0.6) is 5.75 Å². The summed E-state index contributed by atoms with van der Waals surface area (Å²) < 4.78 is 5.36. The maximum absolute atomic E-state index is 11.8. The van der Waals surface area contributed by atoms with E-state index in [0.29, 0.717) is 18.8 Å². The molecule has 1 aromatic rings. The lowest BCUT2D eigenvalue weighted by molar-refractivity contribution is -0.165. The number of hydrogen-bond acceptors (Lipinski definition) is 7. The second-order valence-corrected chi connectivity index (χ2v) is 6.49. The van der Waals surface area contributed by atoms with Crippen molar-refractivity contribution in [3.63, 3.8) is 0 Å². The molecule has 1 aliphatic rings. The Kier molecular flexibility index (Phi) is 11.9. The maximum Gasteiger partial charge on any atom is 0.414 e. The van der Waals surface area contributed by atoms with E-state index in [1.54, 1.807) is 7.05 Å². The van der Waals surface area contributed by atoms with Crippen molar-refractivity contribution in [3.8, 4) is 18.1 Å². The average molecular weight is 438 g/mol. The lowest BCUT2D eigenvalue weighted by Crippen LogP contribution is -2.39. The van der Waals surface area contributed by atoms with E-state index >= 15 is 0 Å². The lowest BCUT2D eigenvalue weighted by atomic mass is 10.1. The van der Waals surface area contributed by atoms with Crippen LogP contribution in [-0.4, -0.2) is 75.7 Å². The number of nitrogens with zero attached hydrogens (tertiary/aromatic N) is 1. The molecule has 0 bridgehead atoms. The van der Waals surface area contributed by atoms with Gasteiger partial charge in [-0.1, -0.05) is 19.4 Å². The Morgan fingerprint density at radius 3 is 2.32 bits per heavy atom. The van der Waals surface area contributed by atoms with E-state index < -0.39 is 24.1 Å². The number of terminal acetylenes is 1. The van der Waals surface area contributed by atoms with Crippen LogP contribution in [0.1, 0.15) is 37.9 Å². The fraction of sp³-hybridized carbons (Fsp3) is 0.476. The SMILES string of the molecule is C.C#CCN[C@@H]1CCc2ccc(OC(=O)N(C)CC)cc21.O=C(O)[C@H](O)[C@@H](O)C(=O)O. The number of rotatable bonds is 7. The molecular weight excluding hydrogens is 408 g/mol. The first-order valence-electron chi connectivity index (χ1n) is 9.16. The van der Waals surface area contributed by atoms with E-state index in [-0.39, 0.29) is 19.6 Å². The van der Waals surface area contributed by atoms with Crippen molar-refractivity contribution in [1.82, 2.24) is 10.2 Å². The normalized spacial score (nSPS) is 15.6. The van der Waals surface area contributed by atoms with Crippen molar-refractivity contribution in [2.24, 2.45) is 0 Å². The molecule has 0 heterocycles. The molecule has 0 aromatic heterocycles. The fourth-order valence-electron chi connectivity index (χ4n) is 2.62. The fourth-order valence-corrected chi connectivity index (χ4v) is 2.62. The average Bonchev–Trinajstić information content (AvgIpc) is 3.12. The molecule has 31 heavy (non-hydrogen) atoms. The van der Waals surface area contributed by atoms with E-state index in [2.05, 4.69) is 11.2 Å². The van der Waals surface area contributed by atoms with E-state index in [1.165, 1.54) is 16.0 Å². The zero-order valence-electron chi connectivity index (χ0n) is 16.7. The molecule has 0 unspecified atom stereocenters. The second-order valence-electron chi connectivity index (χ2n) is 6.49. The van der Waals surface area contributed by atoms with Crippen molar-refractivity contribution in [3.05, 3.63) is 29.3 Å². The number of amides is 1. The Balaban J connectivity index is 0.000000701. The largest absolute Gasteiger partial charge is 0.479 e. The van der Waals surface area contributed by atoms with Gasteiger partial charge in [0.05, 0.1) is 6.54 Å². The topological polar surface area (TPSA) is 157 Å². The van der Waals surface area contributed by atoms with Gasteiger partial charge in [0.2, 0.25) is 0 Å². The number of nitrogens with one attached hydrogen (secondary N) is 1. The Labute approximate surface area is 181 Å². The lowest BCUT2D eigenvalue weighted by Gasteiger charge is -2.16. The summed E-state index contributed by atoms with van der Waals surface area (Å²) >= 11 is 0. The molecule has 1 aliphatic carbocycles. The third kappa shape index (κ3) is 8.25. The summed E-state index contributed by atoms with van der Waals surface area (Å²) in [5.74, 6) is -0.359. The van der Waals surface area contributed by atoms with Crippen LogP contribution < -0.4 is 10.1 Å². The number of hydrogen-bond donors (Lipinski definition) is 5. The molecule has 172 valence electrons. The molecule has 0 aliphatic heterocycles. The standard InChI is InChI=1S/C16H20N2O2.C4H6O6.CH4/c1-4-10-17-15-9-7-12-6-8-13(11-14(12)15)20-16(19)18(3)5-2;5-1(3(7)8)2(6)4(9)10;/h1,6,8,11,15,17H,5,7,9-10H2,2-3H3;1-2,5-6H,(H,7,8)(H,9,10);1H4/t15-;1-,2-;/m11./s1. The minimum absolute atomic E-state index is 0. The van der Waals surface area contributed by atoms with Crippen LogP contribution in [0.4, 0.5) is 4.79 Å². The predicted octanol–water partition coefficient (Wildman–Crippen LogP) is 0.861. The van der Waals surface area contributed by atoms with Crippen molar-refractivity contribution in [1.29, 1.82) is 0 Å². The smallest absolute Gasteiger partial charge is 0.414 e. The summed E-state index contributed by atoms with van der Waals surface area (Å²) in [5, 5.41) is 35.8. The zero-order chi connectivity index (χ0) is 22.8. The van der Waals surface area contributed by atoms with Gasteiger partial charge in [-0.25, -0.2) is 14.4 Å². The van der Waals surface area contributed by atoms with E-state index in [1.807, 2.05) is 25.1 Å². The number of benzene rings is 1. The van der Waals surface area contributed by atoms with Crippen LogP contribution in [0.15, 0.2) is 18.2 Å². The molecule has 0 saturated carbocycles. The van der Waals surface area contributed by atoms with Crippen molar-refractivity contribution in [2.75, 3.05) is 20.1 Å². The van der Waals surface area contributed by atoms with Gasteiger partial charge in [0.1, 0.15) is 5.75 Å². The summed E-state index contributed by atoms with van der Waals surface area (Å²) in [7, 11) is 1.72. The van der Waals surface area contributed by atoms with Gasteiger partial charge in [0.25, 0.3) is 0 Å². The number of carboxylic acids is 2.